The average Bonchev–Trinajstić information content (AvgIpc) is 3.62. The number of carbonyl (C=O) groups excluding carboxylic acids is 2. The number of allylic oxidation sites excluding steroid dienone is 3. The van der Waals surface area contributed by atoms with Crippen LogP contribution in [0.15, 0.2) is 72.8 Å². The van der Waals surface area contributed by atoms with Gasteiger partial charge in [0.2, 0.25) is 0 Å². The van der Waals surface area contributed by atoms with Gasteiger partial charge in [-0.15, -0.1) is 0 Å². The molecule has 0 aliphatic heterocycles. The monoisotopic (exact) mass is 740 g/mol. The second-order valence-electron chi connectivity index (χ2n) is 15.1. The Hall–Kier alpha value is -3.11. The molecule has 2 N–H and O–H groups in total. The van der Waals surface area contributed by atoms with Gasteiger partial charge in [-0.3, -0.25) is 18.6 Å². The fraction of sp³-hybridized carbons (Fsp3) is 0.561. The molecule has 0 aromatic heterocycles. The van der Waals surface area contributed by atoms with Crippen LogP contribution in [0, 0.1) is 11.3 Å². The first kappa shape index (κ1) is 41.6. The van der Waals surface area contributed by atoms with Crippen molar-refractivity contribution in [1.29, 1.82) is 0 Å². The van der Waals surface area contributed by atoms with Gasteiger partial charge in [-0.05, 0) is 60.8 Å². The Morgan fingerprint density at radius 1 is 0.942 bits per heavy atom. The molecule has 286 valence electrons. The van der Waals surface area contributed by atoms with Crippen molar-refractivity contribution in [3.05, 3.63) is 83.9 Å². The van der Waals surface area contributed by atoms with E-state index in [1.165, 1.54) is 16.7 Å². The molecule has 1 fully saturated rings. The summed E-state index contributed by atoms with van der Waals surface area (Å²) in [4.78, 5) is 34.5. The van der Waals surface area contributed by atoms with Crippen LogP contribution >= 0.6 is 7.82 Å². The minimum Gasteiger partial charge on any atom is -0.462 e. The van der Waals surface area contributed by atoms with Gasteiger partial charge in [-0.2, -0.15) is 0 Å². The first-order valence-corrected chi connectivity index (χ1v) is 20.2. The molecule has 0 spiro atoms. The maximum absolute atomic E-state index is 12.5. The van der Waals surface area contributed by atoms with E-state index < -0.39 is 32.5 Å². The van der Waals surface area contributed by atoms with Crippen molar-refractivity contribution >= 4 is 30.9 Å². The number of phosphoric ester groups is 1. The van der Waals surface area contributed by atoms with E-state index in [2.05, 4.69) is 55.1 Å². The standard InChI is InChI=1S/C41H58NO9P/c1-6-38(44)51-35(30-50-52(46,47)49-27-26-42(3,4)5)29-48-39(45)23-17-9-7-8-12-22-34-28-36-37(43)24-25-41(36,31(2)32-18-13-10-14-19-32)40(34)33-20-15-11-16-21-33/h10-11,13-16,18-21,35-37,43H,2,6-9,12,17,22-30H2,1,3-5H3/p+1/t35-,36+,37-,41+/m1/s1. The summed E-state index contributed by atoms with van der Waals surface area (Å²) in [6.45, 7) is 6.06. The van der Waals surface area contributed by atoms with Crippen molar-refractivity contribution in [2.45, 2.75) is 89.8 Å². The zero-order valence-corrected chi connectivity index (χ0v) is 32.4. The van der Waals surface area contributed by atoms with Crippen molar-refractivity contribution in [2.75, 3.05) is 47.5 Å². The van der Waals surface area contributed by atoms with Crippen LogP contribution in [0.2, 0.25) is 0 Å². The minimum absolute atomic E-state index is 0.00840. The maximum atomic E-state index is 12.5. The highest BCUT2D eigenvalue weighted by molar-refractivity contribution is 7.47. The molecule has 0 saturated heterocycles. The molecular formula is C41H59NO9P+. The largest absolute Gasteiger partial charge is 0.472 e. The highest BCUT2D eigenvalue weighted by Gasteiger charge is 2.56. The topological polar surface area (TPSA) is 129 Å². The Bertz CT molecular complexity index is 1550. The molecule has 5 atom stereocenters. The molecular weight excluding hydrogens is 681 g/mol. The number of carbonyl (C=O) groups is 2. The van der Waals surface area contributed by atoms with E-state index in [9.17, 15) is 24.2 Å². The Kier molecular flexibility index (Phi) is 15.4. The maximum Gasteiger partial charge on any atom is 0.472 e. The summed E-state index contributed by atoms with van der Waals surface area (Å²) in [5, 5.41) is 11.2. The summed E-state index contributed by atoms with van der Waals surface area (Å²) in [7, 11) is 1.40. The van der Waals surface area contributed by atoms with Gasteiger partial charge in [-0.1, -0.05) is 99.0 Å². The number of nitrogens with zero attached hydrogens (tertiary/aromatic N) is 1. The van der Waals surface area contributed by atoms with Crippen molar-refractivity contribution < 1.29 is 47.2 Å². The van der Waals surface area contributed by atoms with E-state index in [1.807, 2.05) is 33.3 Å². The van der Waals surface area contributed by atoms with E-state index in [0.717, 1.165) is 62.5 Å². The third kappa shape index (κ3) is 11.7. The van der Waals surface area contributed by atoms with Crippen LogP contribution in [0.5, 0.6) is 0 Å². The summed E-state index contributed by atoms with van der Waals surface area (Å²) in [5.74, 6) is -0.850. The Balaban J connectivity index is 1.25. The van der Waals surface area contributed by atoms with E-state index >= 15 is 0 Å². The van der Waals surface area contributed by atoms with Gasteiger partial charge in [0, 0.05) is 24.2 Å². The van der Waals surface area contributed by atoms with Gasteiger partial charge in [0.15, 0.2) is 6.10 Å². The zero-order chi connectivity index (χ0) is 37.8. The van der Waals surface area contributed by atoms with Crippen LogP contribution in [0.4, 0.5) is 0 Å². The van der Waals surface area contributed by atoms with Gasteiger partial charge in [0.25, 0.3) is 0 Å². The first-order valence-electron chi connectivity index (χ1n) is 18.7. The lowest BCUT2D eigenvalue weighted by molar-refractivity contribution is -0.870. The lowest BCUT2D eigenvalue weighted by Crippen LogP contribution is -2.37. The molecule has 10 nitrogen and oxygen atoms in total. The van der Waals surface area contributed by atoms with Gasteiger partial charge in [-0.25, -0.2) is 4.57 Å². The lowest BCUT2D eigenvalue weighted by Gasteiger charge is -2.37. The fourth-order valence-electron chi connectivity index (χ4n) is 7.54. The van der Waals surface area contributed by atoms with Crippen molar-refractivity contribution in [2.24, 2.45) is 11.3 Å². The molecule has 0 amide bonds. The van der Waals surface area contributed by atoms with Gasteiger partial charge in [0.05, 0.1) is 33.9 Å². The van der Waals surface area contributed by atoms with E-state index in [-0.39, 0.29) is 43.5 Å². The van der Waals surface area contributed by atoms with Crippen LogP contribution in [-0.4, -0.2) is 86.1 Å². The molecule has 2 aromatic carbocycles. The third-order valence-corrected chi connectivity index (χ3v) is 11.2. The van der Waals surface area contributed by atoms with Gasteiger partial charge >= 0.3 is 19.8 Å². The number of quaternary nitrogens is 1. The molecule has 0 heterocycles. The zero-order valence-electron chi connectivity index (χ0n) is 31.5. The number of ether oxygens (including phenoxy) is 2. The predicted octanol–water partition coefficient (Wildman–Crippen LogP) is 7.75. The number of phosphoric acid groups is 1. The van der Waals surface area contributed by atoms with Crippen LogP contribution in [0.3, 0.4) is 0 Å². The number of hydrogen-bond donors (Lipinski definition) is 2. The molecule has 2 aromatic rings. The molecule has 0 bridgehead atoms. The molecule has 11 heteroatoms. The number of benzene rings is 2. The van der Waals surface area contributed by atoms with Crippen molar-refractivity contribution in [3.63, 3.8) is 0 Å². The average molecular weight is 741 g/mol. The number of unbranched alkanes of at least 4 members (excludes halogenated alkanes) is 4. The summed E-state index contributed by atoms with van der Waals surface area (Å²) >= 11 is 0. The predicted molar refractivity (Wildman–Crippen MR) is 203 cm³/mol. The molecule has 4 rings (SSSR count). The summed E-state index contributed by atoms with van der Waals surface area (Å²) in [5.41, 5.74) is 5.95. The molecule has 0 radical (unpaired) electrons. The number of rotatable bonds is 22. The minimum atomic E-state index is -4.38. The number of likely N-dealkylation sites (N-methyl/N-ethyl adjacent to an activating group) is 1. The highest BCUT2D eigenvalue weighted by atomic mass is 31.2. The summed E-state index contributed by atoms with van der Waals surface area (Å²) in [6, 6.07) is 21.0. The van der Waals surface area contributed by atoms with Crippen LogP contribution < -0.4 is 0 Å². The van der Waals surface area contributed by atoms with Crippen LogP contribution in [0.25, 0.3) is 11.1 Å². The SMILES string of the molecule is C=C(c1ccccc1)[C@@]12CC[C@@H](O)[C@@H]1CC(CCCCCCCC(=O)OC[C@H](COP(=O)(O)OCC[N+](C)(C)C)OC(=O)CC)=C2c1ccccc1. The fourth-order valence-corrected chi connectivity index (χ4v) is 8.28. The van der Waals surface area contributed by atoms with Crippen LogP contribution in [-0.2, 0) is 32.7 Å². The quantitative estimate of drug-likeness (QED) is 0.0539. The highest BCUT2D eigenvalue weighted by Crippen LogP contribution is 2.66. The second-order valence-corrected chi connectivity index (χ2v) is 16.6. The van der Waals surface area contributed by atoms with Crippen molar-refractivity contribution in [3.8, 4) is 0 Å². The normalized spacial score (nSPS) is 21.7. The van der Waals surface area contributed by atoms with E-state index in [1.54, 1.807) is 6.92 Å². The van der Waals surface area contributed by atoms with Crippen LogP contribution in [0.1, 0.15) is 88.7 Å². The number of hydrogen-bond acceptors (Lipinski definition) is 8. The van der Waals surface area contributed by atoms with E-state index in [4.69, 9.17) is 18.5 Å². The number of aliphatic hydroxyl groups is 1. The molecule has 52 heavy (non-hydrogen) atoms. The number of fused-ring (bicyclic) bond motifs is 1. The third-order valence-electron chi connectivity index (χ3n) is 10.2. The smallest absolute Gasteiger partial charge is 0.462 e. The lowest BCUT2D eigenvalue weighted by atomic mass is 9.66. The molecule has 1 unspecified atom stereocenters. The molecule has 2 aliphatic carbocycles. The summed E-state index contributed by atoms with van der Waals surface area (Å²) in [6.07, 6.45) is 6.96. The van der Waals surface area contributed by atoms with Gasteiger partial charge < -0.3 is 24.0 Å². The Labute approximate surface area is 310 Å². The molecule has 1 saturated carbocycles. The second kappa shape index (κ2) is 19.3. The van der Waals surface area contributed by atoms with Gasteiger partial charge in [0.1, 0.15) is 19.8 Å². The number of aliphatic hydroxyl groups excluding tert-OH is 1. The van der Waals surface area contributed by atoms with Crippen molar-refractivity contribution in [1.82, 2.24) is 0 Å². The number of esters is 2. The summed E-state index contributed by atoms with van der Waals surface area (Å²) < 4.78 is 33.5. The Morgan fingerprint density at radius 2 is 1.60 bits per heavy atom. The Morgan fingerprint density at radius 3 is 2.27 bits per heavy atom. The molecule has 2 aliphatic rings. The first-order chi connectivity index (χ1) is 24.8. The van der Waals surface area contributed by atoms with E-state index in [0.29, 0.717) is 17.4 Å².